The zero-order valence-corrected chi connectivity index (χ0v) is 19.9. The van der Waals surface area contributed by atoms with Gasteiger partial charge < -0.3 is 16.0 Å². The van der Waals surface area contributed by atoms with Gasteiger partial charge in [-0.2, -0.15) is 31.3 Å². The summed E-state index contributed by atoms with van der Waals surface area (Å²) in [6.07, 6.45) is -8.22. The number of nitrogens with one attached hydrogen (secondary N) is 3. The number of imidazole rings is 1. The van der Waals surface area contributed by atoms with Crippen molar-refractivity contribution >= 4 is 23.1 Å². The number of hydrogen-bond donors (Lipinski definition) is 3. The molecule has 2 atom stereocenters. The lowest BCUT2D eigenvalue weighted by molar-refractivity contribution is -0.223. The standard InChI is InChI=1S/C22H31F6N7/c1-20(2,3)34-18-30-11-16-17(33-18)35(15-4-6-29-7-5-15)19(32-16)31-14-9-12(21(23,24)25)8-13(10-14)22(26,27)28/h11-15,29H,4-10H2,1-3H3,(H,31,32)(H,30,33,34). The molecule has 0 radical (unpaired) electrons. The van der Waals surface area contributed by atoms with Crippen LogP contribution in [0.1, 0.15) is 58.9 Å². The molecule has 196 valence electrons. The van der Waals surface area contributed by atoms with E-state index in [4.69, 9.17) is 0 Å². The van der Waals surface area contributed by atoms with Crippen LogP contribution in [0.25, 0.3) is 11.2 Å². The Morgan fingerprint density at radius 3 is 2.06 bits per heavy atom. The summed E-state index contributed by atoms with van der Waals surface area (Å²) in [4.78, 5) is 13.4. The van der Waals surface area contributed by atoms with Crippen LogP contribution in [0.4, 0.5) is 38.2 Å². The quantitative estimate of drug-likeness (QED) is 0.489. The van der Waals surface area contributed by atoms with E-state index < -0.39 is 49.5 Å². The van der Waals surface area contributed by atoms with E-state index in [-0.39, 0.29) is 17.5 Å². The van der Waals surface area contributed by atoms with Crippen LogP contribution in [0.15, 0.2) is 6.20 Å². The first-order valence-corrected chi connectivity index (χ1v) is 11.8. The second kappa shape index (κ2) is 9.29. The van der Waals surface area contributed by atoms with Gasteiger partial charge in [-0.05, 0) is 66.0 Å². The number of aromatic nitrogens is 4. The molecule has 1 aliphatic carbocycles. The molecule has 35 heavy (non-hydrogen) atoms. The SMILES string of the molecule is CC(C)(C)Nc1ncc2nc(NC3CC(C(F)(F)F)CC(C(F)(F)F)C3)n(C3CCNCC3)c2n1. The lowest BCUT2D eigenvalue weighted by atomic mass is 9.78. The van der Waals surface area contributed by atoms with Crippen molar-refractivity contribution in [2.75, 3.05) is 23.7 Å². The second-order valence-corrected chi connectivity index (χ2v) is 10.6. The van der Waals surface area contributed by atoms with Crippen LogP contribution in [0.5, 0.6) is 0 Å². The Bertz CT molecular complexity index is 998. The zero-order chi connectivity index (χ0) is 25.6. The third-order valence-corrected chi connectivity index (χ3v) is 6.56. The van der Waals surface area contributed by atoms with Gasteiger partial charge in [0.25, 0.3) is 0 Å². The number of halogens is 6. The lowest BCUT2D eigenvalue weighted by Gasteiger charge is -2.37. The van der Waals surface area contributed by atoms with Crippen molar-refractivity contribution in [2.24, 2.45) is 11.8 Å². The zero-order valence-electron chi connectivity index (χ0n) is 19.9. The second-order valence-electron chi connectivity index (χ2n) is 10.6. The molecule has 0 bridgehead atoms. The third-order valence-electron chi connectivity index (χ3n) is 6.56. The van der Waals surface area contributed by atoms with Gasteiger partial charge in [0.2, 0.25) is 11.9 Å². The van der Waals surface area contributed by atoms with Crippen molar-refractivity contribution in [1.82, 2.24) is 24.8 Å². The van der Waals surface area contributed by atoms with Crippen molar-refractivity contribution in [3.8, 4) is 0 Å². The molecular formula is C22H31F6N7. The first kappa shape index (κ1) is 25.8. The van der Waals surface area contributed by atoms with Crippen LogP contribution in [0.3, 0.4) is 0 Å². The Kier molecular flexibility index (Phi) is 6.84. The average Bonchev–Trinajstić information content (AvgIpc) is 3.08. The van der Waals surface area contributed by atoms with Gasteiger partial charge in [0.1, 0.15) is 5.52 Å². The summed E-state index contributed by atoms with van der Waals surface area (Å²) >= 11 is 0. The van der Waals surface area contributed by atoms with E-state index in [1.165, 1.54) is 6.20 Å². The van der Waals surface area contributed by atoms with E-state index in [0.717, 1.165) is 25.9 Å². The summed E-state index contributed by atoms with van der Waals surface area (Å²) in [7, 11) is 0. The van der Waals surface area contributed by atoms with Gasteiger partial charge in [-0.15, -0.1) is 0 Å². The van der Waals surface area contributed by atoms with Crippen molar-refractivity contribution < 1.29 is 26.3 Å². The highest BCUT2D eigenvalue weighted by Crippen LogP contribution is 2.46. The number of hydrogen-bond acceptors (Lipinski definition) is 6. The van der Waals surface area contributed by atoms with Crippen molar-refractivity contribution in [3.63, 3.8) is 0 Å². The molecule has 2 fully saturated rings. The normalized spacial score (nSPS) is 25.1. The minimum absolute atomic E-state index is 0.0541. The Labute approximate surface area is 199 Å². The smallest absolute Gasteiger partial charge is 0.353 e. The maximum absolute atomic E-state index is 13.5. The molecule has 1 saturated carbocycles. The maximum atomic E-state index is 13.5. The largest absolute Gasteiger partial charge is 0.391 e. The number of fused-ring (bicyclic) bond motifs is 1. The van der Waals surface area contributed by atoms with Crippen LogP contribution in [-0.4, -0.2) is 56.5 Å². The predicted molar refractivity (Wildman–Crippen MR) is 120 cm³/mol. The number of nitrogens with zero attached hydrogens (tertiary/aromatic N) is 4. The van der Waals surface area contributed by atoms with Gasteiger partial charge in [-0.3, -0.25) is 4.57 Å². The molecule has 0 amide bonds. The molecule has 13 heteroatoms. The molecule has 1 saturated heterocycles. The number of alkyl halides is 6. The van der Waals surface area contributed by atoms with Gasteiger partial charge in [0.05, 0.1) is 18.0 Å². The van der Waals surface area contributed by atoms with Crippen LogP contribution in [0.2, 0.25) is 0 Å². The summed E-state index contributed by atoms with van der Waals surface area (Å²) in [5, 5.41) is 9.41. The highest BCUT2D eigenvalue weighted by Gasteiger charge is 2.52. The molecule has 3 heterocycles. The molecule has 1 aliphatic heterocycles. The maximum Gasteiger partial charge on any atom is 0.391 e. The van der Waals surface area contributed by atoms with E-state index in [9.17, 15) is 26.3 Å². The molecule has 0 aromatic carbocycles. The topological polar surface area (TPSA) is 79.7 Å². The highest BCUT2D eigenvalue weighted by molar-refractivity contribution is 5.75. The predicted octanol–water partition coefficient (Wildman–Crippen LogP) is 5.28. The summed E-state index contributed by atoms with van der Waals surface area (Å²) in [5.74, 6) is -3.44. The molecule has 2 aromatic rings. The third kappa shape index (κ3) is 6.10. The van der Waals surface area contributed by atoms with Gasteiger partial charge in [-0.1, -0.05) is 0 Å². The highest BCUT2D eigenvalue weighted by atomic mass is 19.4. The summed E-state index contributed by atoms with van der Waals surface area (Å²) < 4.78 is 82.7. The molecule has 2 unspecified atom stereocenters. The first-order valence-electron chi connectivity index (χ1n) is 11.8. The Morgan fingerprint density at radius 1 is 0.914 bits per heavy atom. The summed E-state index contributed by atoms with van der Waals surface area (Å²) in [6.45, 7) is 7.33. The fourth-order valence-electron chi connectivity index (χ4n) is 4.95. The minimum atomic E-state index is -4.70. The van der Waals surface area contributed by atoms with E-state index in [0.29, 0.717) is 17.1 Å². The number of piperidine rings is 1. The van der Waals surface area contributed by atoms with Gasteiger partial charge in [0, 0.05) is 17.6 Å². The summed E-state index contributed by atoms with van der Waals surface area (Å²) in [5.41, 5.74) is 0.619. The Balaban J connectivity index is 1.70. The van der Waals surface area contributed by atoms with Gasteiger partial charge in [-0.25, -0.2) is 9.97 Å². The van der Waals surface area contributed by atoms with Crippen molar-refractivity contribution in [3.05, 3.63) is 6.20 Å². The van der Waals surface area contributed by atoms with Gasteiger partial charge >= 0.3 is 12.4 Å². The van der Waals surface area contributed by atoms with Crippen LogP contribution >= 0.6 is 0 Å². The molecule has 2 aromatic heterocycles. The molecule has 2 aliphatic rings. The Morgan fingerprint density at radius 2 is 1.51 bits per heavy atom. The molecule has 3 N–H and O–H groups in total. The molecule has 4 rings (SSSR count). The minimum Gasteiger partial charge on any atom is -0.353 e. The van der Waals surface area contributed by atoms with E-state index in [1.54, 1.807) is 0 Å². The van der Waals surface area contributed by atoms with E-state index >= 15 is 0 Å². The van der Waals surface area contributed by atoms with Crippen LogP contribution < -0.4 is 16.0 Å². The molecule has 7 nitrogen and oxygen atoms in total. The number of rotatable bonds is 4. The van der Waals surface area contributed by atoms with Crippen LogP contribution in [0, 0.1) is 11.8 Å². The van der Waals surface area contributed by atoms with Crippen LogP contribution in [-0.2, 0) is 0 Å². The van der Waals surface area contributed by atoms with Gasteiger partial charge in [0.15, 0.2) is 5.65 Å². The first-order chi connectivity index (χ1) is 16.2. The fourth-order valence-corrected chi connectivity index (χ4v) is 4.95. The molecular weight excluding hydrogens is 476 g/mol. The number of anilines is 2. The monoisotopic (exact) mass is 507 g/mol. The van der Waals surface area contributed by atoms with Crippen molar-refractivity contribution in [1.29, 1.82) is 0 Å². The fraction of sp³-hybridized carbons (Fsp3) is 0.773. The van der Waals surface area contributed by atoms with E-state index in [1.807, 2.05) is 25.3 Å². The van der Waals surface area contributed by atoms with E-state index in [2.05, 4.69) is 30.9 Å². The average molecular weight is 508 g/mol. The summed E-state index contributed by atoms with van der Waals surface area (Å²) in [6, 6.07) is -1.08. The molecule has 0 spiro atoms. The lowest BCUT2D eigenvalue weighted by Crippen LogP contribution is -2.43. The Hall–Kier alpha value is -2.31. The van der Waals surface area contributed by atoms with Crippen molar-refractivity contribution in [2.45, 2.75) is 82.9 Å².